The second-order valence-electron chi connectivity index (χ2n) is 8.61. The van der Waals surface area contributed by atoms with Crippen LogP contribution < -0.4 is 4.74 Å². The monoisotopic (exact) mass is 444 g/mol. The highest BCUT2D eigenvalue weighted by molar-refractivity contribution is 5.80. The first-order valence-corrected chi connectivity index (χ1v) is 11.0. The molecule has 0 saturated heterocycles. The van der Waals surface area contributed by atoms with Gasteiger partial charge in [0, 0.05) is 23.4 Å². The highest BCUT2D eigenvalue weighted by Crippen LogP contribution is 2.47. The van der Waals surface area contributed by atoms with E-state index in [0.717, 1.165) is 22.0 Å². The van der Waals surface area contributed by atoms with Crippen LogP contribution in [-0.4, -0.2) is 42.7 Å². The van der Waals surface area contributed by atoms with Crippen LogP contribution in [0.4, 0.5) is 4.39 Å². The summed E-state index contributed by atoms with van der Waals surface area (Å²) in [7, 11) is 5.51. The van der Waals surface area contributed by atoms with E-state index >= 15 is 0 Å². The molecule has 0 aliphatic heterocycles. The molecule has 5 heteroatoms. The van der Waals surface area contributed by atoms with Gasteiger partial charge >= 0.3 is 0 Å². The zero-order chi connectivity index (χ0) is 23.4. The Morgan fingerprint density at radius 2 is 1.70 bits per heavy atom. The highest BCUT2D eigenvalue weighted by atomic mass is 19.1. The Hall–Kier alpha value is -3.28. The van der Waals surface area contributed by atoms with Gasteiger partial charge in [0.1, 0.15) is 11.4 Å². The molecule has 0 amide bonds. The second-order valence-corrected chi connectivity index (χ2v) is 8.61. The molecule has 0 fully saturated rings. The number of ether oxygens (including phenoxy) is 1. The zero-order valence-corrected chi connectivity index (χ0v) is 19.2. The normalized spacial score (nSPS) is 14.2. The van der Waals surface area contributed by atoms with Crippen molar-refractivity contribution in [2.75, 3.05) is 27.7 Å². The molecule has 2 atom stereocenters. The van der Waals surface area contributed by atoms with Gasteiger partial charge in [-0.3, -0.25) is 0 Å². The second kappa shape index (κ2) is 9.69. The van der Waals surface area contributed by atoms with E-state index in [-0.39, 0.29) is 5.82 Å². The fraction of sp³-hybridized carbons (Fsp3) is 0.250. The molecule has 0 aliphatic rings. The summed E-state index contributed by atoms with van der Waals surface area (Å²) in [5.41, 5.74) is 1.58. The molecule has 4 rings (SSSR count). The molecule has 0 saturated carbocycles. The third-order valence-electron chi connectivity index (χ3n) is 6.10. The summed E-state index contributed by atoms with van der Waals surface area (Å²) in [4.78, 5) is 6.76. The predicted octanol–water partition coefficient (Wildman–Crippen LogP) is 5.35. The number of para-hydroxylation sites is 1. The van der Waals surface area contributed by atoms with E-state index in [0.29, 0.717) is 24.4 Å². The number of hydrogen-bond acceptors (Lipinski definition) is 4. The summed E-state index contributed by atoms with van der Waals surface area (Å²) in [5, 5.41) is 13.4. The molecular weight excluding hydrogens is 415 g/mol. The zero-order valence-electron chi connectivity index (χ0n) is 19.2. The Bertz CT molecular complexity index is 1230. The molecule has 3 aromatic carbocycles. The number of aromatic nitrogens is 1. The number of pyridine rings is 1. The van der Waals surface area contributed by atoms with Crippen LogP contribution in [0.3, 0.4) is 0 Å². The van der Waals surface area contributed by atoms with Crippen LogP contribution in [0.15, 0.2) is 84.9 Å². The van der Waals surface area contributed by atoms with Gasteiger partial charge in [-0.1, -0.05) is 60.7 Å². The molecule has 1 heterocycles. The van der Waals surface area contributed by atoms with Crippen LogP contribution in [0.5, 0.6) is 5.88 Å². The van der Waals surface area contributed by atoms with Crippen LogP contribution in [0, 0.1) is 5.82 Å². The van der Waals surface area contributed by atoms with E-state index in [2.05, 4.69) is 0 Å². The first kappa shape index (κ1) is 22.9. The van der Waals surface area contributed by atoms with Gasteiger partial charge in [-0.2, -0.15) is 0 Å². The number of nitrogens with zero attached hydrogens (tertiary/aromatic N) is 2. The topological polar surface area (TPSA) is 45.6 Å². The van der Waals surface area contributed by atoms with Crippen molar-refractivity contribution in [3.8, 4) is 5.88 Å². The highest BCUT2D eigenvalue weighted by Gasteiger charge is 2.42. The van der Waals surface area contributed by atoms with E-state index in [9.17, 15) is 9.50 Å². The maximum Gasteiger partial charge on any atom is 0.217 e. The maximum atomic E-state index is 14.4. The summed E-state index contributed by atoms with van der Waals surface area (Å²) in [5.74, 6) is -0.471. The molecule has 4 nitrogen and oxygen atoms in total. The number of rotatable bonds is 8. The van der Waals surface area contributed by atoms with Gasteiger partial charge in [0.2, 0.25) is 5.88 Å². The lowest BCUT2D eigenvalue weighted by molar-refractivity contribution is 0.00354. The van der Waals surface area contributed by atoms with Crippen LogP contribution in [0.1, 0.15) is 29.0 Å². The van der Waals surface area contributed by atoms with Crippen molar-refractivity contribution in [3.63, 3.8) is 0 Å². The molecule has 0 aliphatic carbocycles. The average Bonchev–Trinajstić information content (AvgIpc) is 2.83. The number of hydrogen-bond donors (Lipinski definition) is 1. The van der Waals surface area contributed by atoms with Gasteiger partial charge in [-0.15, -0.1) is 0 Å². The summed E-state index contributed by atoms with van der Waals surface area (Å²) < 4.78 is 20.1. The molecule has 1 aromatic heterocycles. The minimum Gasteiger partial charge on any atom is -0.481 e. The van der Waals surface area contributed by atoms with Crippen molar-refractivity contribution < 1.29 is 14.2 Å². The molecule has 2 unspecified atom stereocenters. The van der Waals surface area contributed by atoms with Crippen molar-refractivity contribution in [1.82, 2.24) is 9.88 Å². The van der Waals surface area contributed by atoms with E-state index in [4.69, 9.17) is 9.72 Å². The summed E-state index contributed by atoms with van der Waals surface area (Å²) in [6.45, 7) is 0.611. The molecular formula is C28H29FN2O2. The van der Waals surface area contributed by atoms with Crippen molar-refractivity contribution in [2.24, 2.45) is 0 Å². The minimum atomic E-state index is -1.41. The van der Waals surface area contributed by atoms with Crippen molar-refractivity contribution >= 4 is 10.9 Å². The van der Waals surface area contributed by atoms with Crippen LogP contribution in [0.2, 0.25) is 0 Å². The smallest absolute Gasteiger partial charge is 0.217 e. The van der Waals surface area contributed by atoms with Gasteiger partial charge in [-0.25, -0.2) is 9.37 Å². The average molecular weight is 445 g/mol. The van der Waals surface area contributed by atoms with Gasteiger partial charge in [0.25, 0.3) is 0 Å². The molecule has 4 aromatic rings. The number of halogens is 1. The molecule has 0 bridgehead atoms. The Morgan fingerprint density at radius 3 is 2.39 bits per heavy atom. The first-order valence-electron chi connectivity index (χ1n) is 11.0. The summed E-state index contributed by atoms with van der Waals surface area (Å²) in [6, 6.07) is 25.9. The van der Waals surface area contributed by atoms with Crippen molar-refractivity contribution in [2.45, 2.75) is 17.9 Å². The standard InChI is InChI=1S/C28H29FN2O2/c1-31(2)17-16-28(32,22-13-9-14-23(29)19-22)26(20-10-5-4-6-11-20)24-18-21-12-7-8-15-25(21)30-27(24)33-3/h4-15,18-19,26,32H,16-17H2,1-3H3. The first-order chi connectivity index (χ1) is 15.9. The fourth-order valence-electron chi connectivity index (χ4n) is 4.45. The Morgan fingerprint density at radius 1 is 0.970 bits per heavy atom. The van der Waals surface area contributed by atoms with Crippen LogP contribution in [0.25, 0.3) is 10.9 Å². The summed E-state index contributed by atoms with van der Waals surface area (Å²) >= 11 is 0. The number of fused-ring (bicyclic) bond motifs is 1. The van der Waals surface area contributed by atoms with Crippen LogP contribution >= 0.6 is 0 Å². The largest absolute Gasteiger partial charge is 0.481 e. The Balaban J connectivity index is 2.01. The quantitative estimate of drug-likeness (QED) is 0.398. The van der Waals surface area contributed by atoms with E-state index in [1.54, 1.807) is 19.2 Å². The lowest BCUT2D eigenvalue weighted by Crippen LogP contribution is -2.38. The molecule has 33 heavy (non-hydrogen) atoms. The number of benzene rings is 3. The lowest BCUT2D eigenvalue weighted by atomic mass is 9.71. The van der Waals surface area contributed by atoms with Gasteiger partial charge in [-0.05, 0) is 55.9 Å². The number of aliphatic hydroxyl groups is 1. The number of methoxy groups -OCH3 is 1. The lowest BCUT2D eigenvalue weighted by Gasteiger charge is -2.39. The minimum absolute atomic E-state index is 0.383. The maximum absolute atomic E-state index is 14.4. The van der Waals surface area contributed by atoms with E-state index in [1.807, 2.05) is 79.7 Å². The van der Waals surface area contributed by atoms with Gasteiger partial charge in [0.15, 0.2) is 0 Å². The van der Waals surface area contributed by atoms with Crippen molar-refractivity contribution in [1.29, 1.82) is 0 Å². The van der Waals surface area contributed by atoms with Gasteiger partial charge in [0.05, 0.1) is 12.6 Å². The molecule has 1 N–H and O–H groups in total. The van der Waals surface area contributed by atoms with Gasteiger partial charge < -0.3 is 14.7 Å². The SMILES string of the molecule is COc1nc2ccccc2cc1C(c1ccccc1)C(O)(CCN(C)C)c1cccc(F)c1. The molecule has 0 spiro atoms. The third kappa shape index (κ3) is 4.75. The Kier molecular flexibility index (Phi) is 6.72. The van der Waals surface area contributed by atoms with E-state index in [1.165, 1.54) is 12.1 Å². The van der Waals surface area contributed by atoms with Crippen molar-refractivity contribution in [3.05, 3.63) is 107 Å². The fourth-order valence-corrected chi connectivity index (χ4v) is 4.45. The summed E-state index contributed by atoms with van der Waals surface area (Å²) in [6.07, 6.45) is 0.388. The Labute approximate surface area is 194 Å². The van der Waals surface area contributed by atoms with E-state index < -0.39 is 11.5 Å². The molecule has 170 valence electrons. The van der Waals surface area contributed by atoms with Crippen LogP contribution in [-0.2, 0) is 5.60 Å². The molecule has 0 radical (unpaired) electrons. The predicted molar refractivity (Wildman–Crippen MR) is 130 cm³/mol. The third-order valence-corrected chi connectivity index (χ3v) is 6.10.